The van der Waals surface area contributed by atoms with Crippen molar-refractivity contribution >= 4 is 11.8 Å². The number of rotatable bonds is 3. The van der Waals surface area contributed by atoms with Crippen molar-refractivity contribution in [1.82, 2.24) is 15.4 Å². The predicted octanol–water partition coefficient (Wildman–Crippen LogP) is 4.17. The number of nitrogens with zero attached hydrogens (tertiary/aromatic N) is 2. The molecule has 2 aromatic rings. The third-order valence-electron chi connectivity index (χ3n) is 6.76. The molecule has 0 radical (unpaired) electrons. The summed E-state index contributed by atoms with van der Waals surface area (Å²) >= 11 is 0. The van der Waals surface area contributed by atoms with Gasteiger partial charge in [0.1, 0.15) is 11.5 Å². The summed E-state index contributed by atoms with van der Waals surface area (Å²) in [7, 11) is 0. The van der Waals surface area contributed by atoms with E-state index >= 15 is 0 Å². The Bertz CT molecular complexity index is 896. The molecular formula is C24H33N3O4. The van der Waals surface area contributed by atoms with Crippen LogP contribution in [0.4, 0.5) is 0 Å². The Labute approximate surface area is 183 Å². The van der Waals surface area contributed by atoms with E-state index in [0.29, 0.717) is 24.5 Å². The number of carbonyl (C=O) groups excluding carboxylic acids is 2. The molecular weight excluding hydrogens is 394 g/mol. The van der Waals surface area contributed by atoms with Gasteiger partial charge in [-0.05, 0) is 51.7 Å². The minimum Gasteiger partial charge on any atom is -0.456 e. The molecule has 0 aromatic carbocycles. The van der Waals surface area contributed by atoms with Crippen molar-refractivity contribution < 1.29 is 18.5 Å². The van der Waals surface area contributed by atoms with Gasteiger partial charge in [-0.2, -0.15) is 0 Å². The monoisotopic (exact) mass is 427 g/mol. The van der Waals surface area contributed by atoms with E-state index < -0.39 is 0 Å². The lowest BCUT2D eigenvalue weighted by atomic mass is 9.82. The fourth-order valence-corrected chi connectivity index (χ4v) is 4.97. The van der Waals surface area contributed by atoms with Crippen molar-refractivity contribution in [2.24, 2.45) is 5.92 Å². The minimum absolute atomic E-state index is 0.0598. The summed E-state index contributed by atoms with van der Waals surface area (Å²) in [6, 6.07) is 3.56. The normalized spacial score (nSPS) is 23.0. The quantitative estimate of drug-likeness (QED) is 0.794. The van der Waals surface area contributed by atoms with E-state index in [1.165, 1.54) is 0 Å². The van der Waals surface area contributed by atoms with Crippen LogP contribution in [0, 0.1) is 19.8 Å². The molecule has 1 N–H and O–H groups in total. The highest BCUT2D eigenvalue weighted by Gasteiger charge is 2.38. The average Bonchev–Trinajstić information content (AvgIpc) is 3.36. The molecule has 3 heterocycles. The van der Waals surface area contributed by atoms with Crippen molar-refractivity contribution in [2.75, 3.05) is 13.1 Å². The molecule has 168 valence electrons. The summed E-state index contributed by atoms with van der Waals surface area (Å²) in [5, 5.41) is 7.10. The van der Waals surface area contributed by atoms with Crippen molar-refractivity contribution in [1.29, 1.82) is 0 Å². The van der Waals surface area contributed by atoms with Crippen LogP contribution in [0.2, 0.25) is 0 Å². The first-order valence-electron chi connectivity index (χ1n) is 11.6. The highest BCUT2D eigenvalue weighted by Crippen LogP contribution is 2.31. The molecule has 4 rings (SSSR count). The molecule has 2 amide bonds. The number of nitrogens with one attached hydrogen (secondary N) is 1. The zero-order valence-electron chi connectivity index (χ0n) is 18.6. The SMILES string of the molecule is Cc1noc(C)c1Cc1ccc(C(=O)N2CCCCCCNC(=O)[C@@H]3CCCC[C@@H]32)o1. The molecule has 1 saturated heterocycles. The number of furan rings is 1. The number of fused-ring (bicyclic) bond motifs is 1. The van der Waals surface area contributed by atoms with Crippen LogP contribution in [0.25, 0.3) is 0 Å². The molecule has 2 fully saturated rings. The molecule has 2 aromatic heterocycles. The lowest BCUT2D eigenvalue weighted by molar-refractivity contribution is -0.128. The van der Waals surface area contributed by atoms with Gasteiger partial charge < -0.3 is 19.2 Å². The summed E-state index contributed by atoms with van der Waals surface area (Å²) in [5.74, 6) is 1.70. The van der Waals surface area contributed by atoms with Gasteiger partial charge in [0.15, 0.2) is 5.76 Å². The van der Waals surface area contributed by atoms with Crippen LogP contribution in [0.3, 0.4) is 0 Å². The third-order valence-corrected chi connectivity index (χ3v) is 6.76. The molecule has 1 aliphatic carbocycles. The highest BCUT2D eigenvalue weighted by atomic mass is 16.5. The number of hydrogen-bond acceptors (Lipinski definition) is 5. The number of hydrogen-bond donors (Lipinski definition) is 1. The standard InChI is InChI=1S/C24H33N3O4/c1-16-20(17(2)31-26-16)15-18-11-12-22(30-18)24(29)27-14-8-4-3-7-13-25-23(28)19-9-5-6-10-21(19)27/h11-12,19,21H,3-10,13-15H2,1-2H3,(H,25,28)/t19-,21+/m1/s1. The van der Waals surface area contributed by atoms with Crippen LogP contribution in [0.5, 0.6) is 0 Å². The maximum Gasteiger partial charge on any atom is 0.289 e. The maximum atomic E-state index is 13.5. The van der Waals surface area contributed by atoms with Crippen LogP contribution in [-0.4, -0.2) is 41.0 Å². The molecule has 0 unspecified atom stereocenters. The molecule has 0 bridgehead atoms. The van der Waals surface area contributed by atoms with Crippen LogP contribution < -0.4 is 5.32 Å². The van der Waals surface area contributed by atoms with E-state index in [4.69, 9.17) is 8.94 Å². The molecule has 31 heavy (non-hydrogen) atoms. The van der Waals surface area contributed by atoms with Gasteiger partial charge in [-0.3, -0.25) is 9.59 Å². The average molecular weight is 428 g/mol. The van der Waals surface area contributed by atoms with Crippen LogP contribution >= 0.6 is 0 Å². The Morgan fingerprint density at radius 1 is 1.13 bits per heavy atom. The Kier molecular flexibility index (Phi) is 6.78. The van der Waals surface area contributed by atoms with Crippen LogP contribution in [0.1, 0.15) is 84.7 Å². The molecule has 0 spiro atoms. The van der Waals surface area contributed by atoms with E-state index in [1.807, 2.05) is 24.8 Å². The van der Waals surface area contributed by atoms with Gasteiger partial charge in [0.25, 0.3) is 5.91 Å². The Balaban J connectivity index is 1.55. The maximum absolute atomic E-state index is 13.5. The van der Waals surface area contributed by atoms with Crippen LogP contribution in [0.15, 0.2) is 21.1 Å². The first kappa shape index (κ1) is 21.7. The van der Waals surface area contributed by atoms with Crippen molar-refractivity contribution in [3.8, 4) is 0 Å². The number of amides is 2. The van der Waals surface area contributed by atoms with E-state index in [-0.39, 0.29) is 23.8 Å². The van der Waals surface area contributed by atoms with Gasteiger partial charge in [0.2, 0.25) is 5.91 Å². The second-order valence-corrected chi connectivity index (χ2v) is 8.91. The van der Waals surface area contributed by atoms with Gasteiger partial charge in [0.05, 0.1) is 11.6 Å². The highest BCUT2D eigenvalue weighted by molar-refractivity contribution is 5.92. The molecule has 2 atom stereocenters. The van der Waals surface area contributed by atoms with E-state index in [1.54, 1.807) is 6.07 Å². The Hall–Kier alpha value is -2.57. The van der Waals surface area contributed by atoms with Crippen molar-refractivity contribution in [3.05, 3.63) is 40.7 Å². The van der Waals surface area contributed by atoms with E-state index in [0.717, 1.165) is 74.9 Å². The number of aromatic nitrogens is 1. The largest absolute Gasteiger partial charge is 0.456 e. The first-order chi connectivity index (χ1) is 15.0. The Morgan fingerprint density at radius 3 is 2.74 bits per heavy atom. The summed E-state index contributed by atoms with van der Waals surface area (Å²) in [6.45, 7) is 5.20. The van der Waals surface area contributed by atoms with Gasteiger partial charge in [-0.1, -0.05) is 30.8 Å². The smallest absolute Gasteiger partial charge is 0.289 e. The fourth-order valence-electron chi connectivity index (χ4n) is 4.97. The summed E-state index contributed by atoms with van der Waals surface area (Å²) < 4.78 is 11.2. The van der Waals surface area contributed by atoms with Crippen LogP contribution in [-0.2, 0) is 11.2 Å². The zero-order chi connectivity index (χ0) is 21.8. The fraction of sp³-hybridized carbons (Fsp3) is 0.625. The van der Waals surface area contributed by atoms with Gasteiger partial charge in [-0.25, -0.2) is 0 Å². The lowest BCUT2D eigenvalue weighted by Gasteiger charge is -2.39. The van der Waals surface area contributed by atoms with Crippen molar-refractivity contribution in [2.45, 2.75) is 77.7 Å². The second-order valence-electron chi connectivity index (χ2n) is 8.91. The number of carbonyl (C=O) groups is 2. The summed E-state index contributed by atoms with van der Waals surface area (Å²) in [6.07, 6.45) is 8.43. The van der Waals surface area contributed by atoms with Crippen molar-refractivity contribution in [3.63, 3.8) is 0 Å². The van der Waals surface area contributed by atoms with Gasteiger partial charge in [-0.15, -0.1) is 0 Å². The topological polar surface area (TPSA) is 88.6 Å². The first-order valence-corrected chi connectivity index (χ1v) is 11.6. The molecule has 7 heteroatoms. The summed E-state index contributed by atoms with van der Waals surface area (Å²) in [5.41, 5.74) is 1.83. The second kappa shape index (κ2) is 9.71. The third kappa shape index (κ3) is 4.86. The van der Waals surface area contributed by atoms with E-state index in [9.17, 15) is 9.59 Å². The zero-order valence-corrected chi connectivity index (χ0v) is 18.6. The molecule has 1 saturated carbocycles. The van der Waals surface area contributed by atoms with E-state index in [2.05, 4.69) is 10.5 Å². The summed E-state index contributed by atoms with van der Waals surface area (Å²) in [4.78, 5) is 28.3. The Morgan fingerprint density at radius 2 is 1.94 bits per heavy atom. The minimum atomic E-state index is -0.132. The van der Waals surface area contributed by atoms with Gasteiger partial charge >= 0.3 is 0 Å². The molecule has 2 aliphatic rings. The van der Waals surface area contributed by atoms with Gasteiger partial charge in [0, 0.05) is 31.1 Å². The number of aryl methyl sites for hydroxylation is 2. The molecule has 7 nitrogen and oxygen atoms in total. The molecule has 1 aliphatic heterocycles. The predicted molar refractivity (Wildman–Crippen MR) is 116 cm³/mol. The lowest BCUT2D eigenvalue weighted by Crippen LogP contribution is -2.51.